The van der Waals surface area contributed by atoms with Crippen molar-refractivity contribution in [2.45, 2.75) is 24.0 Å². The molecular weight excluding hydrogens is 260 g/mol. The van der Waals surface area contributed by atoms with Gasteiger partial charge >= 0.3 is 5.97 Å². The number of anilines is 2. The highest BCUT2D eigenvalue weighted by Crippen LogP contribution is 2.43. The van der Waals surface area contributed by atoms with Crippen LogP contribution in [0.15, 0.2) is 18.2 Å². The molecule has 0 aliphatic heterocycles. The minimum Gasteiger partial charge on any atom is -0.465 e. The Labute approximate surface area is 118 Å². The number of hydrogen-bond donors (Lipinski definition) is 2. The van der Waals surface area contributed by atoms with E-state index in [4.69, 9.17) is 10.5 Å². The summed E-state index contributed by atoms with van der Waals surface area (Å²) in [4.78, 5) is 11.7. The number of methoxy groups -OCH3 is 1. The fourth-order valence-electron chi connectivity index (χ4n) is 2.32. The summed E-state index contributed by atoms with van der Waals surface area (Å²) < 4.78 is 5.08. The zero-order chi connectivity index (χ0) is 13.9. The summed E-state index contributed by atoms with van der Waals surface area (Å²) in [5.74, 6) is -0.360. The standard InChI is InChI=1S/C14H20N2O2S/c1-18-13(17)10-5-3-6-11(15)12(10)16-9-14(19-2)7-4-8-14/h3,5-6,16H,4,7-9,15H2,1-2H3. The van der Waals surface area contributed by atoms with E-state index in [0.29, 0.717) is 16.9 Å². The van der Waals surface area contributed by atoms with E-state index < -0.39 is 0 Å². The molecule has 1 aromatic carbocycles. The molecular formula is C14H20N2O2S. The molecule has 1 aliphatic carbocycles. The third-order valence-corrected chi connectivity index (χ3v) is 5.21. The minimum absolute atomic E-state index is 0.287. The molecule has 0 aromatic heterocycles. The highest BCUT2D eigenvalue weighted by atomic mass is 32.2. The van der Waals surface area contributed by atoms with Crippen LogP contribution >= 0.6 is 11.8 Å². The van der Waals surface area contributed by atoms with Crippen LogP contribution in [0.4, 0.5) is 11.4 Å². The van der Waals surface area contributed by atoms with E-state index >= 15 is 0 Å². The molecule has 1 fully saturated rings. The van der Waals surface area contributed by atoms with Crippen LogP contribution in [0.3, 0.4) is 0 Å². The SMILES string of the molecule is COC(=O)c1cccc(N)c1NCC1(SC)CCC1. The van der Waals surface area contributed by atoms with Crippen LogP contribution in [0.1, 0.15) is 29.6 Å². The molecule has 4 nitrogen and oxygen atoms in total. The molecule has 0 heterocycles. The number of nitrogens with two attached hydrogens (primary N) is 1. The second-order valence-electron chi connectivity index (χ2n) is 4.86. The Balaban J connectivity index is 2.17. The summed E-state index contributed by atoms with van der Waals surface area (Å²) in [5, 5.41) is 3.34. The molecule has 3 N–H and O–H groups in total. The number of esters is 1. The van der Waals surface area contributed by atoms with Gasteiger partial charge in [0, 0.05) is 11.3 Å². The molecule has 0 radical (unpaired) electrons. The molecule has 19 heavy (non-hydrogen) atoms. The molecule has 0 unspecified atom stereocenters. The predicted octanol–water partition coefficient (Wildman–Crippen LogP) is 2.75. The fraction of sp³-hybridized carbons (Fsp3) is 0.500. The molecule has 1 aliphatic rings. The molecule has 5 heteroatoms. The van der Waals surface area contributed by atoms with E-state index in [-0.39, 0.29) is 10.7 Å². The van der Waals surface area contributed by atoms with Crippen LogP contribution in [0.5, 0.6) is 0 Å². The number of benzene rings is 1. The van der Waals surface area contributed by atoms with Gasteiger partial charge in [0.15, 0.2) is 0 Å². The van der Waals surface area contributed by atoms with Gasteiger partial charge in [-0.05, 0) is 31.2 Å². The van der Waals surface area contributed by atoms with Crippen molar-refractivity contribution in [2.75, 3.05) is 31.0 Å². The van der Waals surface area contributed by atoms with Crippen LogP contribution in [-0.2, 0) is 4.74 Å². The van der Waals surface area contributed by atoms with E-state index in [1.807, 2.05) is 11.8 Å². The maximum atomic E-state index is 11.7. The minimum atomic E-state index is -0.360. The van der Waals surface area contributed by atoms with Gasteiger partial charge in [-0.25, -0.2) is 4.79 Å². The largest absolute Gasteiger partial charge is 0.465 e. The molecule has 0 spiro atoms. The first-order valence-corrected chi connectivity index (χ1v) is 7.60. The van der Waals surface area contributed by atoms with E-state index in [0.717, 1.165) is 6.54 Å². The molecule has 104 valence electrons. The van der Waals surface area contributed by atoms with E-state index in [2.05, 4.69) is 11.6 Å². The number of rotatable bonds is 5. The smallest absolute Gasteiger partial charge is 0.340 e. The van der Waals surface area contributed by atoms with E-state index in [1.165, 1.54) is 26.4 Å². The van der Waals surface area contributed by atoms with Crippen LogP contribution < -0.4 is 11.1 Å². The van der Waals surface area contributed by atoms with Crippen molar-refractivity contribution in [1.82, 2.24) is 0 Å². The Bertz CT molecular complexity index is 467. The summed E-state index contributed by atoms with van der Waals surface area (Å²) in [6, 6.07) is 5.29. The zero-order valence-corrected chi connectivity index (χ0v) is 12.2. The van der Waals surface area contributed by atoms with Crippen LogP contribution in [0, 0.1) is 0 Å². The molecule has 2 rings (SSSR count). The Morgan fingerprint density at radius 3 is 2.79 bits per heavy atom. The highest BCUT2D eigenvalue weighted by molar-refractivity contribution is 8.00. The van der Waals surface area contributed by atoms with Gasteiger partial charge in [0.05, 0.1) is 24.0 Å². The van der Waals surface area contributed by atoms with E-state index in [9.17, 15) is 4.79 Å². The van der Waals surface area contributed by atoms with Crippen molar-refractivity contribution in [3.63, 3.8) is 0 Å². The van der Waals surface area contributed by atoms with Gasteiger partial charge in [-0.3, -0.25) is 0 Å². The van der Waals surface area contributed by atoms with Gasteiger partial charge in [-0.2, -0.15) is 11.8 Å². The first-order valence-electron chi connectivity index (χ1n) is 6.38. The summed E-state index contributed by atoms with van der Waals surface area (Å²) in [5.41, 5.74) is 7.74. The Morgan fingerprint density at radius 1 is 1.53 bits per heavy atom. The molecule has 0 amide bonds. The van der Waals surface area contributed by atoms with Gasteiger partial charge in [0.2, 0.25) is 0 Å². The summed E-state index contributed by atoms with van der Waals surface area (Å²) in [7, 11) is 1.38. The van der Waals surface area contributed by atoms with Crippen molar-refractivity contribution in [2.24, 2.45) is 0 Å². The molecule has 0 saturated heterocycles. The quantitative estimate of drug-likeness (QED) is 0.641. The number of nitrogen functional groups attached to an aromatic ring is 1. The monoisotopic (exact) mass is 280 g/mol. The number of para-hydroxylation sites is 1. The lowest BCUT2D eigenvalue weighted by atomic mass is 9.84. The number of hydrogen-bond acceptors (Lipinski definition) is 5. The van der Waals surface area contributed by atoms with Crippen molar-refractivity contribution in [1.29, 1.82) is 0 Å². The molecule has 0 atom stereocenters. The van der Waals surface area contributed by atoms with Gasteiger partial charge < -0.3 is 15.8 Å². The van der Waals surface area contributed by atoms with E-state index in [1.54, 1.807) is 18.2 Å². The van der Waals surface area contributed by atoms with Crippen molar-refractivity contribution in [3.05, 3.63) is 23.8 Å². The third-order valence-electron chi connectivity index (χ3n) is 3.79. The van der Waals surface area contributed by atoms with Gasteiger partial charge in [-0.15, -0.1) is 0 Å². The topological polar surface area (TPSA) is 64.3 Å². The average Bonchev–Trinajstić information content (AvgIpc) is 2.38. The fourth-order valence-corrected chi connectivity index (χ4v) is 3.23. The predicted molar refractivity (Wildman–Crippen MR) is 80.8 cm³/mol. The Morgan fingerprint density at radius 2 is 2.26 bits per heavy atom. The lowest BCUT2D eigenvalue weighted by molar-refractivity contribution is 0.0602. The van der Waals surface area contributed by atoms with Crippen molar-refractivity contribution >= 4 is 29.1 Å². The van der Waals surface area contributed by atoms with Gasteiger partial charge in [0.1, 0.15) is 0 Å². The normalized spacial score (nSPS) is 16.5. The summed E-state index contributed by atoms with van der Waals surface area (Å²) in [6.07, 6.45) is 5.83. The van der Waals surface area contributed by atoms with Gasteiger partial charge in [0.25, 0.3) is 0 Å². The Hall–Kier alpha value is -1.36. The first-order chi connectivity index (χ1) is 9.12. The number of carbonyl (C=O) groups excluding carboxylic acids is 1. The van der Waals surface area contributed by atoms with Crippen LogP contribution in [0.25, 0.3) is 0 Å². The highest BCUT2D eigenvalue weighted by Gasteiger charge is 2.36. The molecule has 1 saturated carbocycles. The second-order valence-corrected chi connectivity index (χ2v) is 6.13. The number of nitrogens with one attached hydrogen (secondary N) is 1. The zero-order valence-electron chi connectivity index (χ0n) is 11.4. The van der Waals surface area contributed by atoms with Gasteiger partial charge in [-0.1, -0.05) is 12.5 Å². The molecule has 1 aromatic rings. The van der Waals surface area contributed by atoms with Crippen LogP contribution in [0.2, 0.25) is 0 Å². The lowest BCUT2D eigenvalue weighted by Crippen LogP contribution is -2.40. The first kappa shape index (κ1) is 14.1. The summed E-state index contributed by atoms with van der Waals surface area (Å²) >= 11 is 1.88. The molecule has 0 bridgehead atoms. The average molecular weight is 280 g/mol. The number of ether oxygens (including phenoxy) is 1. The number of thioether (sulfide) groups is 1. The lowest BCUT2D eigenvalue weighted by Gasteiger charge is -2.41. The van der Waals surface area contributed by atoms with Crippen molar-refractivity contribution in [3.8, 4) is 0 Å². The maximum absolute atomic E-state index is 11.7. The van der Waals surface area contributed by atoms with Crippen LogP contribution in [-0.4, -0.2) is 30.6 Å². The number of carbonyl (C=O) groups is 1. The maximum Gasteiger partial charge on any atom is 0.340 e. The second kappa shape index (κ2) is 5.74. The van der Waals surface area contributed by atoms with Crippen molar-refractivity contribution < 1.29 is 9.53 Å². The summed E-state index contributed by atoms with van der Waals surface area (Å²) in [6.45, 7) is 0.826. The Kier molecular flexibility index (Phi) is 4.24. The third kappa shape index (κ3) is 2.81.